The maximum Gasteiger partial charge on any atom is 0.223 e. The van der Waals surface area contributed by atoms with Crippen molar-refractivity contribution < 1.29 is 4.79 Å². The van der Waals surface area contributed by atoms with E-state index in [0.717, 1.165) is 45.6 Å². The largest absolute Gasteiger partial charge is 0.369 e. The van der Waals surface area contributed by atoms with Crippen LogP contribution >= 0.6 is 0 Å². The molecule has 1 aromatic rings. The van der Waals surface area contributed by atoms with E-state index in [1.165, 1.54) is 16.8 Å². The van der Waals surface area contributed by atoms with Crippen LogP contribution in [0.4, 0.5) is 5.69 Å². The van der Waals surface area contributed by atoms with Gasteiger partial charge >= 0.3 is 0 Å². The molecule has 2 fully saturated rings. The monoisotopic (exact) mass is 287 g/mol. The van der Waals surface area contributed by atoms with Crippen LogP contribution in [-0.2, 0) is 11.2 Å². The standard InChI is InChI=1S/C17H25N3O/c1-13-3-4-16(20-9-7-19(2)8-10-20)15(11-13)12-14-5-6-18-17(14)21/h3-4,11,14H,5-10,12H2,1-2H3,(H,18,21). The summed E-state index contributed by atoms with van der Waals surface area (Å²) in [5, 5.41) is 2.95. The van der Waals surface area contributed by atoms with Gasteiger partial charge in [-0.25, -0.2) is 0 Å². The molecule has 0 bridgehead atoms. The van der Waals surface area contributed by atoms with Crippen molar-refractivity contribution in [3.05, 3.63) is 29.3 Å². The molecule has 4 heteroatoms. The fraction of sp³-hybridized carbons (Fsp3) is 0.588. The summed E-state index contributed by atoms with van der Waals surface area (Å²) in [7, 11) is 2.18. The number of carbonyl (C=O) groups excluding carboxylic acids is 1. The minimum Gasteiger partial charge on any atom is -0.369 e. The van der Waals surface area contributed by atoms with E-state index >= 15 is 0 Å². The van der Waals surface area contributed by atoms with Crippen molar-refractivity contribution in [2.75, 3.05) is 44.7 Å². The van der Waals surface area contributed by atoms with Crippen molar-refractivity contribution in [1.82, 2.24) is 10.2 Å². The molecule has 1 aromatic carbocycles. The van der Waals surface area contributed by atoms with Crippen LogP contribution < -0.4 is 10.2 Å². The molecule has 1 atom stereocenters. The summed E-state index contributed by atoms with van der Waals surface area (Å²) in [5.41, 5.74) is 3.94. The highest BCUT2D eigenvalue weighted by Gasteiger charge is 2.26. The van der Waals surface area contributed by atoms with Crippen LogP contribution in [-0.4, -0.2) is 50.6 Å². The highest BCUT2D eigenvalue weighted by Crippen LogP contribution is 2.27. The highest BCUT2D eigenvalue weighted by atomic mass is 16.2. The lowest BCUT2D eigenvalue weighted by Gasteiger charge is -2.35. The van der Waals surface area contributed by atoms with E-state index in [2.05, 4.69) is 47.3 Å². The molecule has 0 saturated carbocycles. The van der Waals surface area contributed by atoms with Crippen molar-refractivity contribution >= 4 is 11.6 Å². The van der Waals surface area contributed by atoms with Gasteiger partial charge in [0.25, 0.3) is 0 Å². The molecule has 1 unspecified atom stereocenters. The number of hydrogen-bond donors (Lipinski definition) is 1. The van der Waals surface area contributed by atoms with Gasteiger partial charge < -0.3 is 15.1 Å². The first-order valence-corrected chi connectivity index (χ1v) is 7.94. The quantitative estimate of drug-likeness (QED) is 0.913. The maximum absolute atomic E-state index is 11.9. The molecule has 3 rings (SSSR count). The van der Waals surface area contributed by atoms with Crippen LogP contribution in [0.25, 0.3) is 0 Å². The van der Waals surface area contributed by atoms with Crippen LogP contribution in [0.15, 0.2) is 18.2 Å². The van der Waals surface area contributed by atoms with Gasteiger partial charge in [0.05, 0.1) is 0 Å². The molecular weight excluding hydrogens is 262 g/mol. The van der Waals surface area contributed by atoms with Crippen LogP contribution in [0.3, 0.4) is 0 Å². The predicted molar refractivity (Wildman–Crippen MR) is 85.7 cm³/mol. The molecule has 0 radical (unpaired) electrons. The van der Waals surface area contributed by atoms with Crippen LogP contribution in [0.1, 0.15) is 17.5 Å². The lowest BCUT2D eigenvalue weighted by molar-refractivity contribution is -0.122. The van der Waals surface area contributed by atoms with E-state index < -0.39 is 0 Å². The van der Waals surface area contributed by atoms with Crippen LogP contribution in [0.5, 0.6) is 0 Å². The van der Waals surface area contributed by atoms with Crippen LogP contribution in [0.2, 0.25) is 0 Å². The predicted octanol–water partition coefficient (Wildman–Crippen LogP) is 1.43. The topological polar surface area (TPSA) is 35.6 Å². The number of rotatable bonds is 3. The molecule has 0 aliphatic carbocycles. The Morgan fingerprint density at radius 3 is 2.67 bits per heavy atom. The third kappa shape index (κ3) is 3.21. The number of piperazine rings is 1. The molecule has 21 heavy (non-hydrogen) atoms. The third-order valence-electron chi connectivity index (χ3n) is 4.71. The van der Waals surface area contributed by atoms with E-state index in [1.54, 1.807) is 0 Å². The zero-order valence-corrected chi connectivity index (χ0v) is 13.1. The normalized spacial score (nSPS) is 23.4. The molecule has 2 heterocycles. The van der Waals surface area contributed by atoms with Gasteiger partial charge in [0.2, 0.25) is 5.91 Å². The van der Waals surface area contributed by atoms with Crippen molar-refractivity contribution in [2.24, 2.45) is 5.92 Å². The number of likely N-dealkylation sites (N-methyl/N-ethyl adjacent to an activating group) is 1. The molecule has 1 N–H and O–H groups in total. The van der Waals surface area contributed by atoms with Gasteiger partial charge in [-0.3, -0.25) is 4.79 Å². The van der Waals surface area contributed by atoms with Gasteiger partial charge in [-0.05, 0) is 38.4 Å². The van der Waals surface area contributed by atoms with Gasteiger partial charge in [0.15, 0.2) is 0 Å². The number of anilines is 1. The molecule has 2 saturated heterocycles. The third-order valence-corrected chi connectivity index (χ3v) is 4.71. The SMILES string of the molecule is Cc1ccc(N2CCN(C)CC2)c(CC2CCNC2=O)c1. The average molecular weight is 287 g/mol. The number of carbonyl (C=O) groups is 1. The Morgan fingerprint density at radius 2 is 2.00 bits per heavy atom. The first kappa shape index (κ1) is 14.4. The minimum atomic E-state index is 0.151. The Kier molecular flexibility index (Phi) is 4.15. The second-order valence-electron chi connectivity index (χ2n) is 6.40. The smallest absolute Gasteiger partial charge is 0.223 e. The molecule has 1 amide bonds. The second-order valence-corrected chi connectivity index (χ2v) is 6.40. The Hall–Kier alpha value is -1.55. The zero-order valence-electron chi connectivity index (χ0n) is 13.1. The maximum atomic E-state index is 11.9. The van der Waals surface area contributed by atoms with E-state index in [0.29, 0.717) is 0 Å². The number of nitrogens with zero attached hydrogens (tertiary/aromatic N) is 2. The summed E-state index contributed by atoms with van der Waals surface area (Å²) >= 11 is 0. The molecule has 4 nitrogen and oxygen atoms in total. The van der Waals surface area contributed by atoms with E-state index in [4.69, 9.17) is 0 Å². The van der Waals surface area contributed by atoms with Gasteiger partial charge in [-0.2, -0.15) is 0 Å². The van der Waals surface area contributed by atoms with Gasteiger partial charge in [0.1, 0.15) is 0 Å². The van der Waals surface area contributed by atoms with E-state index in [1.807, 2.05) is 0 Å². The zero-order chi connectivity index (χ0) is 14.8. The number of aryl methyl sites for hydroxylation is 1. The summed E-state index contributed by atoms with van der Waals surface area (Å²) in [4.78, 5) is 16.7. The van der Waals surface area contributed by atoms with Crippen molar-refractivity contribution in [1.29, 1.82) is 0 Å². The fourth-order valence-electron chi connectivity index (χ4n) is 3.34. The van der Waals surface area contributed by atoms with Crippen LogP contribution in [0, 0.1) is 12.8 Å². The Bertz CT molecular complexity index is 521. The lowest BCUT2D eigenvalue weighted by Crippen LogP contribution is -2.44. The highest BCUT2D eigenvalue weighted by molar-refractivity contribution is 5.81. The van der Waals surface area contributed by atoms with Gasteiger partial charge in [0, 0.05) is 44.3 Å². The van der Waals surface area contributed by atoms with Crippen molar-refractivity contribution in [3.63, 3.8) is 0 Å². The summed E-state index contributed by atoms with van der Waals surface area (Å²) < 4.78 is 0. The van der Waals surface area contributed by atoms with Gasteiger partial charge in [-0.15, -0.1) is 0 Å². The number of nitrogens with one attached hydrogen (secondary N) is 1. The molecule has 0 aromatic heterocycles. The Morgan fingerprint density at radius 1 is 1.24 bits per heavy atom. The summed E-state index contributed by atoms with van der Waals surface area (Å²) in [6.45, 7) is 7.33. The molecule has 114 valence electrons. The van der Waals surface area contributed by atoms with Gasteiger partial charge in [-0.1, -0.05) is 17.7 Å². The second kappa shape index (κ2) is 6.06. The Labute approximate surface area is 127 Å². The minimum absolute atomic E-state index is 0.151. The number of amides is 1. The Balaban J connectivity index is 1.81. The number of hydrogen-bond acceptors (Lipinski definition) is 3. The summed E-state index contributed by atoms with van der Waals surface area (Å²) in [6.07, 6.45) is 1.84. The summed E-state index contributed by atoms with van der Waals surface area (Å²) in [5.74, 6) is 0.374. The first-order valence-electron chi connectivity index (χ1n) is 7.94. The molecule has 2 aliphatic rings. The number of benzene rings is 1. The fourth-order valence-corrected chi connectivity index (χ4v) is 3.34. The molecule has 2 aliphatic heterocycles. The van der Waals surface area contributed by atoms with E-state index in [9.17, 15) is 4.79 Å². The molecular formula is C17H25N3O. The summed E-state index contributed by atoms with van der Waals surface area (Å²) in [6, 6.07) is 6.69. The lowest BCUT2D eigenvalue weighted by atomic mass is 9.95. The first-order chi connectivity index (χ1) is 10.1. The van der Waals surface area contributed by atoms with Crippen molar-refractivity contribution in [2.45, 2.75) is 19.8 Å². The molecule has 0 spiro atoms. The van der Waals surface area contributed by atoms with E-state index in [-0.39, 0.29) is 11.8 Å². The van der Waals surface area contributed by atoms with Crippen molar-refractivity contribution in [3.8, 4) is 0 Å². The average Bonchev–Trinajstić information content (AvgIpc) is 2.86.